The molecule has 3 nitrogen and oxygen atoms in total. The predicted octanol–water partition coefficient (Wildman–Crippen LogP) is 4.27. The van der Waals surface area contributed by atoms with Crippen molar-refractivity contribution in [1.82, 2.24) is 15.3 Å². The average molecular weight is 297 g/mol. The minimum atomic E-state index is 0.406. The molecule has 0 aliphatic carbocycles. The van der Waals surface area contributed by atoms with Gasteiger partial charge in [0.1, 0.15) is 0 Å². The number of aromatic nitrogens is 2. The van der Waals surface area contributed by atoms with Gasteiger partial charge in [-0.25, -0.2) is 0 Å². The van der Waals surface area contributed by atoms with E-state index in [2.05, 4.69) is 53.4 Å². The van der Waals surface area contributed by atoms with E-state index in [1.54, 1.807) is 12.4 Å². The molecule has 1 unspecified atom stereocenters. The fourth-order valence-electron chi connectivity index (χ4n) is 2.60. The zero-order valence-corrected chi connectivity index (χ0v) is 13.3. The minimum Gasteiger partial charge on any atom is -0.312 e. The molecule has 0 aliphatic rings. The molecule has 1 atom stereocenters. The monoisotopic (exact) mass is 297 g/mol. The largest absolute Gasteiger partial charge is 0.312 e. The highest BCUT2D eigenvalue weighted by molar-refractivity contribution is 7.15. The summed E-state index contributed by atoms with van der Waals surface area (Å²) in [7, 11) is 2.02. The van der Waals surface area contributed by atoms with Crippen LogP contribution in [0.2, 0.25) is 0 Å². The summed E-state index contributed by atoms with van der Waals surface area (Å²) >= 11 is 1.84. The second-order valence-electron chi connectivity index (χ2n) is 5.47. The first-order chi connectivity index (χ1) is 10.2. The smallest absolute Gasteiger partial charge is 0.0893 e. The molecule has 108 valence electrons. The highest BCUT2D eigenvalue weighted by Gasteiger charge is 2.16. The number of thiophene rings is 1. The topological polar surface area (TPSA) is 37.8 Å². The van der Waals surface area contributed by atoms with Gasteiger partial charge in [0.25, 0.3) is 0 Å². The number of nitrogens with one attached hydrogen (secondary N) is 1. The van der Waals surface area contributed by atoms with Crippen molar-refractivity contribution in [3.05, 3.63) is 47.6 Å². The SMILES string of the molecule is CNC(c1ccc(-c2ccc3nccnc3c2)s1)C(C)C. The molecular weight excluding hydrogens is 278 g/mol. The summed E-state index contributed by atoms with van der Waals surface area (Å²) in [4.78, 5) is 11.4. The van der Waals surface area contributed by atoms with Crippen LogP contribution in [0.1, 0.15) is 24.8 Å². The Morgan fingerprint density at radius 3 is 2.48 bits per heavy atom. The number of rotatable bonds is 4. The summed E-state index contributed by atoms with van der Waals surface area (Å²) in [5, 5.41) is 3.40. The number of hydrogen-bond donors (Lipinski definition) is 1. The van der Waals surface area contributed by atoms with Gasteiger partial charge in [0.05, 0.1) is 11.0 Å². The van der Waals surface area contributed by atoms with Gasteiger partial charge < -0.3 is 5.32 Å². The van der Waals surface area contributed by atoms with E-state index in [0.29, 0.717) is 12.0 Å². The number of benzene rings is 1. The van der Waals surface area contributed by atoms with Crippen molar-refractivity contribution in [2.45, 2.75) is 19.9 Å². The van der Waals surface area contributed by atoms with Crippen LogP contribution in [0.15, 0.2) is 42.7 Å². The van der Waals surface area contributed by atoms with E-state index in [9.17, 15) is 0 Å². The second kappa shape index (κ2) is 5.92. The van der Waals surface area contributed by atoms with E-state index in [0.717, 1.165) is 11.0 Å². The van der Waals surface area contributed by atoms with Crippen molar-refractivity contribution >= 4 is 22.4 Å². The maximum absolute atomic E-state index is 4.38. The molecule has 0 amide bonds. The summed E-state index contributed by atoms with van der Waals surface area (Å²) in [6.07, 6.45) is 3.47. The fourth-order valence-corrected chi connectivity index (χ4v) is 3.88. The molecule has 1 aromatic carbocycles. The lowest BCUT2D eigenvalue weighted by Gasteiger charge is -2.18. The van der Waals surface area contributed by atoms with Gasteiger partial charge in [0.2, 0.25) is 0 Å². The van der Waals surface area contributed by atoms with Crippen molar-refractivity contribution in [3.8, 4) is 10.4 Å². The van der Waals surface area contributed by atoms with Gasteiger partial charge in [-0.05, 0) is 42.8 Å². The molecule has 0 aliphatic heterocycles. The van der Waals surface area contributed by atoms with Crippen LogP contribution in [0.4, 0.5) is 0 Å². The van der Waals surface area contributed by atoms with E-state index in [4.69, 9.17) is 0 Å². The standard InChI is InChI=1S/C17H19N3S/c1-11(2)17(18-3)16-7-6-15(21-16)12-4-5-13-14(10-12)20-9-8-19-13/h4-11,17-18H,1-3H3. The van der Waals surface area contributed by atoms with Crippen LogP contribution in [0.25, 0.3) is 21.5 Å². The third kappa shape index (κ3) is 2.82. The molecule has 2 heterocycles. The third-order valence-corrected chi connectivity index (χ3v) is 4.88. The van der Waals surface area contributed by atoms with E-state index < -0.39 is 0 Å². The first-order valence-electron chi connectivity index (χ1n) is 7.17. The van der Waals surface area contributed by atoms with Crippen LogP contribution in [-0.4, -0.2) is 17.0 Å². The Bertz CT molecular complexity index is 748. The highest BCUT2D eigenvalue weighted by Crippen LogP contribution is 2.34. The van der Waals surface area contributed by atoms with Gasteiger partial charge in [-0.2, -0.15) is 0 Å². The molecule has 2 aromatic heterocycles. The quantitative estimate of drug-likeness (QED) is 0.781. The Balaban J connectivity index is 1.97. The molecule has 0 fully saturated rings. The molecule has 0 radical (unpaired) electrons. The molecule has 1 N–H and O–H groups in total. The predicted molar refractivity (Wildman–Crippen MR) is 89.5 cm³/mol. The van der Waals surface area contributed by atoms with E-state index in [1.165, 1.54) is 15.3 Å². The molecule has 21 heavy (non-hydrogen) atoms. The maximum Gasteiger partial charge on any atom is 0.0893 e. The summed E-state index contributed by atoms with van der Waals surface area (Å²) in [5.74, 6) is 0.573. The van der Waals surface area contributed by atoms with Crippen molar-refractivity contribution in [1.29, 1.82) is 0 Å². The molecular formula is C17H19N3S. The lowest BCUT2D eigenvalue weighted by molar-refractivity contribution is 0.449. The molecule has 0 saturated carbocycles. The third-order valence-electron chi connectivity index (χ3n) is 3.66. The Kier molecular flexibility index (Phi) is 3.99. The fraction of sp³-hybridized carbons (Fsp3) is 0.294. The second-order valence-corrected chi connectivity index (χ2v) is 6.59. The van der Waals surface area contributed by atoms with Crippen molar-refractivity contribution in [3.63, 3.8) is 0 Å². The zero-order chi connectivity index (χ0) is 14.8. The van der Waals surface area contributed by atoms with E-state index >= 15 is 0 Å². The molecule has 0 saturated heterocycles. The molecule has 3 rings (SSSR count). The zero-order valence-electron chi connectivity index (χ0n) is 12.5. The Morgan fingerprint density at radius 1 is 1.00 bits per heavy atom. The van der Waals surface area contributed by atoms with Crippen LogP contribution in [0.3, 0.4) is 0 Å². The molecule has 0 spiro atoms. The lowest BCUT2D eigenvalue weighted by atomic mass is 10.0. The van der Waals surface area contributed by atoms with Crippen LogP contribution >= 0.6 is 11.3 Å². The summed E-state index contributed by atoms with van der Waals surface area (Å²) in [6, 6.07) is 11.1. The van der Waals surface area contributed by atoms with Crippen LogP contribution in [-0.2, 0) is 0 Å². The van der Waals surface area contributed by atoms with E-state index in [-0.39, 0.29) is 0 Å². The van der Waals surface area contributed by atoms with Gasteiger partial charge in [0, 0.05) is 28.2 Å². The number of hydrogen-bond acceptors (Lipinski definition) is 4. The van der Waals surface area contributed by atoms with Crippen molar-refractivity contribution in [2.75, 3.05) is 7.05 Å². The van der Waals surface area contributed by atoms with E-state index in [1.807, 2.05) is 24.5 Å². The Labute approximate surface area is 129 Å². The number of nitrogens with zero attached hydrogens (tertiary/aromatic N) is 2. The molecule has 4 heteroatoms. The maximum atomic E-state index is 4.38. The minimum absolute atomic E-state index is 0.406. The normalized spacial score (nSPS) is 13.0. The van der Waals surface area contributed by atoms with Gasteiger partial charge in [-0.15, -0.1) is 11.3 Å². The summed E-state index contributed by atoms with van der Waals surface area (Å²) in [6.45, 7) is 4.48. The summed E-state index contributed by atoms with van der Waals surface area (Å²) < 4.78 is 0. The first-order valence-corrected chi connectivity index (χ1v) is 7.99. The first kappa shape index (κ1) is 14.2. The molecule has 0 bridgehead atoms. The van der Waals surface area contributed by atoms with Crippen molar-refractivity contribution < 1.29 is 0 Å². The van der Waals surface area contributed by atoms with Crippen LogP contribution < -0.4 is 5.32 Å². The Hall–Kier alpha value is -1.78. The summed E-state index contributed by atoms with van der Waals surface area (Å²) in [5.41, 5.74) is 3.09. The van der Waals surface area contributed by atoms with Gasteiger partial charge >= 0.3 is 0 Å². The van der Waals surface area contributed by atoms with Crippen molar-refractivity contribution in [2.24, 2.45) is 5.92 Å². The van der Waals surface area contributed by atoms with Crippen LogP contribution in [0, 0.1) is 5.92 Å². The van der Waals surface area contributed by atoms with Gasteiger partial charge in [-0.1, -0.05) is 19.9 Å². The van der Waals surface area contributed by atoms with Gasteiger partial charge in [0.15, 0.2) is 0 Å². The average Bonchev–Trinajstić information content (AvgIpc) is 2.96. The lowest BCUT2D eigenvalue weighted by Crippen LogP contribution is -2.20. The van der Waals surface area contributed by atoms with Gasteiger partial charge in [-0.3, -0.25) is 9.97 Å². The molecule has 3 aromatic rings. The highest BCUT2D eigenvalue weighted by atomic mass is 32.1. The van der Waals surface area contributed by atoms with Crippen LogP contribution in [0.5, 0.6) is 0 Å². The Morgan fingerprint density at radius 2 is 1.76 bits per heavy atom. The number of fused-ring (bicyclic) bond motifs is 1.